The van der Waals surface area contributed by atoms with Gasteiger partial charge in [-0.3, -0.25) is 0 Å². The van der Waals surface area contributed by atoms with Crippen molar-refractivity contribution in [2.24, 2.45) is 5.73 Å². The molecule has 0 saturated carbocycles. The number of rotatable bonds is 2. The van der Waals surface area contributed by atoms with Crippen molar-refractivity contribution in [3.63, 3.8) is 0 Å². The van der Waals surface area contributed by atoms with Crippen LogP contribution in [0.15, 0.2) is 18.2 Å². The highest BCUT2D eigenvalue weighted by Crippen LogP contribution is 2.26. The van der Waals surface area contributed by atoms with Crippen LogP contribution in [0.3, 0.4) is 0 Å². The molecule has 72 valence electrons. The maximum absolute atomic E-state index is 12.6. The van der Waals surface area contributed by atoms with Crippen molar-refractivity contribution in [1.29, 1.82) is 0 Å². The van der Waals surface area contributed by atoms with E-state index in [4.69, 9.17) is 17.3 Å². The zero-order chi connectivity index (χ0) is 10.0. The third-order valence-electron chi connectivity index (χ3n) is 1.59. The van der Waals surface area contributed by atoms with Crippen LogP contribution in [-0.2, 0) is 0 Å². The van der Waals surface area contributed by atoms with Gasteiger partial charge in [0.2, 0.25) is 0 Å². The van der Waals surface area contributed by atoms with Gasteiger partial charge >= 0.3 is 0 Å². The number of hydrogen-bond donors (Lipinski definition) is 1. The minimum absolute atomic E-state index is 0.0502. The zero-order valence-electron chi connectivity index (χ0n) is 6.48. The largest absolute Gasteiger partial charge is 0.319 e. The minimum Gasteiger partial charge on any atom is -0.319 e. The van der Waals surface area contributed by atoms with Gasteiger partial charge in [-0.15, -0.1) is 0 Å². The first-order valence-electron chi connectivity index (χ1n) is 3.51. The van der Waals surface area contributed by atoms with Crippen LogP contribution in [0.1, 0.15) is 11.6 Å². The third kappa shape index (κ3) is 2.35. The van der Waals surface area contributed by atoms with Crippen LogP contribution in [0.4, 0.5) is 13.2 Å². The van der Waals surface area contributed by atoms with Crippen molar-refractivity contribution < 1.29 is 13.2 Å². The second-order valence-corrected chi connectivity index (χ2v) is 2.93. The Labute approximate surface area is 78.3 Å². The van der Waals surface area contributed by atoms with Crippen LogP contribution in [-0.4, -0.2) is 6.43 Å². The molecule has 0 unspecified atom stereocenters. The van der Waals surface area contributed by atoms with E-state index < -0.39 is 18.3 Å². The summed E-state index contributed by atoms with van der Waals surface area (Å²) in [7, 11) is 0. The summed E-state index contributed by atoms with van der Waals surface area (Å²) in [6, 6.07) is 1.67. The third-order valence-corrected chi connectivity index (χ3v) is 1.93. The van der Waals surface area contributed by atoms with E-state index in [9.17, 15) is 13.2 Å². The van der Waals surface area contributed by atoms with Crippen molar-refractivity contribution in [3.05, 3.63) is 34.6 Å². The fourth-order valence-corrected chi connectivity index (χ4v) is 1.15. The Morgan fingerprint density at radius 2 is 1.92 bits per heavy atom. The van der Waals surface area contributed by atoms with Crippen molar-refractivity contribution in [2.45, 2.75) is 12.5 Å². The van der Waals surface area contributed by atoms with E-state index in [-0.39, 0.29) is 10.6 Å². The fourth-order valence-electron chi connectivity index (χ4n) is 0.906. The van der Waals surface area contributed by atoms with E-state index in [2.05, 4.69) is 0 Å². The summed E-state index contributed by atoms with van der Waals surface area (Å²) in [6.07, 6.45) is -2.75. The Morgan fingerprint density at radius 3 is 2.46 bits per heavy atom. The summed E-state index contributed by atoms with van der Waals surface area (Å²) in [5.41, 5.74) is 5.03. The van der Waals surface area contributed by atoms with Crippen LogP contribution in [0.2, 0.25) is 5.02 Å². The van der Waals surface area contributed by atoms with E-state index >= 15 is 0 Å². The van der Waals surface area contributed by atoms with Gasteiger partial charge in [0, 0.05) is 5.02 Å². The maximum Gasteiger partial charge on any atom is 0.257 e. The molecule has 1 rings (SSSR count). The van der Waals surface area contributed by atoms with Crippen LogP contribution in [0, 0.1) is 5.82 Å². The van der Waals surface area contributed by atoms with Crippen molar-refractivity contribution >= 4 is 11.6 Å². The summed E-state index contributed by atoms with van der Waals surface area (Å²) in [4.78, 5) is 0. The molecule has 0 aliphatic carbocycles. The van der Waals surface area contributed by atoms with Gasteiger partial charge in [-0.25, -0.2) is 13.2 Å². The number of hydrogen-bond acceptors (Lipinski definition) is 1. The zero-order valence-corrected chi connectivity index (χ0v) is 7.23. The summed E-state index contributed by atoms with van der Waals surface area (Å²) >= 11 is 5.56. The molecule has 0 aliphatic rings. The second-order valence-electron chi connectivity index (χ2n) is 2.53. The lowest BCUT2D eigenvalue weighted by Crippen LogP contribution is -2.19. The first kappa shape index (κ1) is 10.3. The Morgan fingerprint density at radius 1 is 1.31 bits per heavy atom. The SMILES string of the molecule is N[C@H](c1cc(F)ccc1Cl)C(F)F. The van der Waals surface area contributed by atoms with Gasteiger partial charge in [-0.05, 0) is 23.8 Å². The van der Waals surface area contributed by atoms with Gasteiger partial charge in [0.15, 0.2) is 0 Å². The second kappa shape index (κ2) is 3.98. The molecule has 0 fully saturated rings. The van der Waals surface area contributed by atoms with E-state index in [1.165, 1.54) is 6.07 Å². The summed E-state index contributed by atoms with van der Waals surface area (Å²) in [6.45, 7) is 0. The Hall–Kier alpha value is -0.740. The number of nitrogens with two attached hydrogens (primary N) is 1. The molecule has 2 N–H and O–H groups in total. The smallest absolute Gasteiger partial charge is 0.257 e. The standard InChI is InChI=1S/C8H7ClF3N/c9-6-2-1-4(10)3-5(6)7(13)8(11)12/h1-3,7-8H,13H2/t7-/m1/s1. The van der Waals surface area contributed by atoms with Gasteiger partial charge in [0.1, 0.15) is 5.82 Å². The molecule has 1 nitrogen and oxygen atoms in total. The van der Waals surface area contributed by atoms with Gasteiger partial charge < -0.3 is 5.73 Å². The lowest BCUT2D eigenvalue weighted by atomic mass is 10.1. The molecule has 1 aromatic rings. The highest BCUT2D eigenvalue weighted by Gasteiger charge is 2.20. The van der Waals surface area contributed by atoms with Gasteiger partial charge in [0.05, 0.1) is 6.04 Å². The molecule has 0 amide bonds. The normalized spacial score (nSPS) is 13.4. The van der Waals surface area contributed by atoms with Crippen molar-refractivity contribution in [2.75, 3.05) is 0 Å². The summed E-state index contributed by atoms with van der Waals surface area (Å²) in [5.74, 6) is -0.629. The van der Waals surface area contributed by atoms with Gasteiger partial charge in [0.25, 0.3) is 6.43 Å². The molecule has 0 heterocycles. The Kier molecular flexibility index (Phi) is 3.17. The first-order valence-corrected chi connectivity index (χ1v) is 3.89. The Balaban J connectivity index is 3.05. The average molecular weight is 210 g/mol. The number of halogens is 4. The van der Waals surface area contributed by atoms with E-state index in [1.807, 2.05) is 0 Å². The van der Waals surface area contributed by atoms with Crippen LogP contribution < -0.4 is 5.73 Å². The monoisotopic (exact) mass is 209 g/mol. The predicted molar refractivity (Wildman–Crippen MR) is 44.3 cm³/mol. The predicted octanol–water partition coefficient (Wildman–Crippen LogP) is 2.74. The lowest BCUT2D eigenvalue weighted by molar-refractivity contribution is 0.116. The van der Waals surface area contributed by atoms with Gasteiger partial charge in [-0.2, -0.15) is 0 Å². The summed E-state index contributed by atoms with van der Waals surface area (Å²) < 4.78 is 36.9. The molecule has 0 aromatic heterocycles. The lowest BCUT2D eigenvalue weighted by Gasteiger charge is -2.12. The molecule has 1 atom stereocenters. The first-order chi connectivity index (χ1) is 6.02. The average Bonchev–Trinajstić information content (AvgIpc) is 2.08. The Bertz CT molecular complexity index is 303. The topological polar surface area (TPSA) is 26.0 Å². The van der Waals surface area contributed by atoms with E-state index in [0.29, 0.717) is 0 Å². The highest BCUT2D eigenvalue weighted by atomic mass is 35.5. The van der Waals surface area contributed by atoms with Crippen LogP contribution in [0.5, 0.6) is 0 Å². The molecule has 0 saturated heterocycles. The number of benzene rings is 1. The van der Waals surface area contributed by atoms with Gasteiger partial charge in [-0.1, -0.05) is 11.6 Å². The van der Waals surface area contributed by atoms with E-state index in [1.54, 1.807) is 0 Å². The molecule has 1 aromatic carbocycles. The highest BCUT2D eigenvalue weighted by molar-refractivity contribution is 6.31. The molecule has 0 spiro atoms. The molecule has 0 radical (unpaired) electrons. The molecule has 0 aliphatic heterocycles. The molecule has 0 bridgehead atoms. The molecule has 5 heteroatoms. The van der Waals surface area contributed by atoms with E-state index in [0.717, 1.165) is 12.1 Å². The molecular weight excluding hydrogens is 203 g/mol. The quantitative estimate of drug-likeness (QED) is 0.796. The fraction of sp³-hybridized carbons (Fsp3) is 0.250. The number of alkyl halides is 2. The minimum atomic E-state index is -2.75. The summed E-state index contributed by atoms with van der Waals surface area (Å²) in [5, 5.41) is 0.0502. The van der Waals surface area contributed by atoms with Crippen LogP contribution in [0.25, 0.3) is 0 Å². The van der Waals surface area contributed by atoms with Crippen molar-refractivity contribution in [1.82, 2.24) is 0 Å². The molecular formula is C8H7ClF3N. The molecule has 13 heavy (non-hydrogen) atoms. The van der Waals surface area contributed by atoms with Crippen LogP contribution >= 0.6 is 11.6 Å². The van der Waals surface area contributed by atoms with Crippen molar-refractivity contribution in [3.8, 4) is 0 Å². The maximum atomic E-state index is 12.6.